The topological polar surface area (TPSA) is 113 Å². The maximum atomic E-state index is 12.2. The zero-order valence-electron chi connectivity index (χ0n) is 11.5. The molecule has 1 fully saturated rings. The van der Waals surface area contributed by atoms with Crippen molar-refractivity contribution in [2.75, 3.05) is 13.1 Å². The smallest absolute Gasteiger partial charge is 0.331 e. The largest absolute Gasteiger partial charge is 0.479 e. The lowest BCUT2D eigenvalue weighted by atomic mass is 9.89. The number of carbonyl (C=O) groups is 3. The molecule has 4 N–H and O–H groups in total. The molecule has 1 aromatic heterocycles. The lowest BCUT2D eigenvalue weighted by molar-refractivity contribution is -0.139. The Morgan fingerprint density at radius 1 is 1.52 bits per heavy atom. The number of nitrogens with one attached hydrogen (secondary N) is 1. The molecule has 7 nitrogen and oxygen atoms in total. The Hall–Kier alpha value is -2.09. The molecule has 2 heterocycles. The van der Waals surface area contributed by atoms with Crippen molar-refractivity contribution in [3.63, 3.8) is 0 Å². The number of urea groups is 1. The zero-order chi connectivity index (χ0) is 15.6. The van der Waals surface area contributed by atoms with Crippen molar-refractivity contribution in [2.24, 2.45) is 11.1 Å². The second kappa shape index (κ2) is 5.72. The Balaban J connectivity index is 2.04. The first-order valence-corrected chi connectivity index (χ1v) is 7.33. The third kappa shape index (κ3) is 3.15. The van der Waals surface area contributed by atoms with Gasteiger partial charge in [0.15, 0.2) is 6.04 Å². The van der Waals surface area contributed by atoms with E-state index in [1.165, 1.54) is 16.2 Å². The number of nitrogens with two attached hydrogens (primary N) is 1. The van der Waals surface area contributed by atoms with Crippen LogP contribution in [-0.2, 0) is 9.59 Å². The van der Waals surface area contributed by atoms with Crippen LogP contribution in [0.3, 0.4) is 0 Å². The quantitative estimate of drug-likeness (QED) is 0.762. The Labute approximate surface area is 125 Å². The third-order valence-corrected chi connectivity index (χ3v) is 4.64. The molecular weight excluding hydrogens is 294 g/mol. The number of aliphatic carboxylic acids is 1. The van der Waals surface area contributed by atoms with E-state index in [4.69, 9.17) is 5.73 Å². The highest BCUT2D eigenvalue weighted by atomic mass is 32.1. The second-order valence-electron chi connectivity index (χ2n) is 5.33. The molecule has 0 saturated carbocycles. The summed E-state index contributed by atoms with van der Waals surface area (Å²) in [6.45, 7) is 2.28. The fourth-order valence-corrected chi connectivity index (χ4v) is 3.03. The highest BCUT2D eigenvalue weighted by Crippen LogP contribution is 2.29. The molecule has 0 bridgehead atoms. The van der Waals surface area contributed by atoms with Crippen LogP contribution in [0.4, 0.5) is 4.79 Å². The molecule has 2 rings (SSSR count). The number of hydrogen-bond acceptors (Lipinski definition) is 4. The Morgan fingerprint density at radius 2 is 2.24 bits per heavy atom. The molecule has 2 unspecified atom stereocenters. The molecule has 0 aromatic carbocycles. The fraction of sp³-hybridized carbons (Fsp3) is 0.462. The van der Waals surface area contributed by atoms with Gasteiger partial charge in [0.1, 0.15) is 0 Å². The summed E-state index contributed by atoms with van der Waals surface area (Å²) in [5.41, 5.74) is 4.58. The SMILES string of the molecule is CC1(C(N)=O)CCN(C(=O)NC(C(=O)O)c2cccs2)C1. The van der Waals surface area contributed by atoms with E-state index in [0.717, 1.165) is 0 Å². The summed E-state index contributed by atoms with van der Waals surface area (Å²) in [5, 5.41) is 13.5. The van der Waals surface area contributed by atoms with Gasteiger partial charge in [0.25, 0.3) is 0 Å². The average Bonchev–Trinajstić information content (AvgIpc) is 3.05. The van der Waals surface area contributed by atoms with Crippen molar-refractivity contribution in [3.05, 3.63) is 22.4 Å². The molecule has 0 spiro atoms. The van der Waals surface area contributed by atoms with Gasteiger partial charge >= 0.3 is 12.0 Å². The van der Waals surface area contributed by atoms with Gasteiger partial charge in [-0.05, 0) is 24.8 Å². The fourth-order valence-electron chi connectivity index (χ4n) is 2.26. The van der Waals surface area contributed by atoms with E-state index in [0.29, 0.717) is 17.8 Å². The van der Waals surface area contributed by atoms with Gasteiger partial charge in [0.2, 0.25) is 5.91 Å². The van der Waals surface area contributed by atoms with E-state index < -0.39 is 29.4 Å². The van der Waals surface area contributed by atoms with Crippen molar-refractivity contribution in [1.82, 2.24) is 10.2 Å². The number of amides is 3. The average molecular weight is 311 g/mol. The van der Waals surface area contributed by atoms with E-state index in [2.05, 4.69) is 5.32 Å². The first-order chi connectivity index (χ1) is 9.83. The summed E-state index contributed by atoms with van der Waals surface area (Å²) < 4.78 is 0. The number of carboxylic acids is 1. The van der Waals surface area contributed by atoms with Gasteiger partial charge in [0.05, 0.1) is 5.41 Å². The van der Waals surface area contributed by atoms with Crippen molar-refractivity contribution >= 4 is 29.2 Å². The molecule has 0 aliphatic carbocycles. The predicted molar refractivity (Wildman–Crippen MR) is 76.7 cm³/mol. The Bertz CT molecular complexity index is 560. The summed E-state index contributed by atoms with van der Waals surface area (Å²) in [6.07, 6.45) is 0.479. The second-order valence-corrected chi connectivity index (χ2v) is 6.31. The summed E-state index contributed by atoms with van der Waals surface area (Å²) >= 11 is 1.26. The van der Waals surface area contributed by atoms with Gasteiger partial charge in [-0.2, -0.15) is 0 Å². The number of carboxylic acid groups (broad SMARTS) is 1. The van der Waals surface area contributed by atoms with E-state index >= 15 is 0 Å². The van der Waals surface area contributed by atoms with Gasteiger partial charge in [-0.1, -0.05) is 6.07 Å². The van der Waals surface area contributed by atoms with Crippen molar-refractivity contribution in [2.45, 2.75) is 19.4 Å². The van der Waals surface area contributed by atoms with Gasteiger partial charge in [-0.15, -0.1) is 11.3 Å². The van der Waals surface area contributed by atoms with Crippen LogP contribution >= 0.6 is 11.3 Å². The number of rotatable bonds is 4. The molecular formula is C13H17N3O4S. The van der Waals surface area contributed by atoms with Crippen LogP contribution in [-0.4, -0.2) is 41.0 Å². The first kappa shape index (κ1) is 15.3. The molecule has 1 aliphatic heterocycles. The summed E-state index contributed by atoms with van der Waals surface area (Å²) in [6, 6.07) is 1.79. The molecule has 0 radical (unpaired) electrons. The molecule has 8 heteroatoms. The van der Waals surface area contributed by atoms with E-state index in [-0.39, 0.29) is 6.54 Å². The monoisotopic (exact) mass is 311 g/mol. The number of thiophene rings is 1. The lowest BCUT2D eigenvalue weighted by Crippen LogP contribution is -2.44. The van der Waals surface area contributed by atoms with E-state index in [1.54, 1.807) is 24.4 Å². The normalized spacial score (nSPS) is 22.8. The first-order valence-electron chi connectivity index (χ1n) is 6.45. The number of primary amides is 1. The molecule has 21 heavy (non-hydrogen) atoms. The van der Waals surface area contributed by atoms with Crippen molar-refractivity contribution in [3.8, 4) is 0 Å². The van der Waals surface area contributed by atoms with Crippen LogP contribution in [0.15, 0.2) is 17.5 Å². The van der Waals surface area contributed by atoms with E-state index in [1.807, 2.05) is 0 Å². The summed E-state index contributed by atoms with van der Waals surface area (Å²) in [5.74, 6) is -1.58. The molecule has 2 atom stereocenters. The number of carbonyl (C=O) groups excluding carboxylic acids is 2. The maximum absolute atomic E-state index is 12.2. The van der Waals surface area contributed by atoms with Gasteiger partial charge in [-0.3, -0.25) is 4.79 Å². The van der Waals surface area contributed by atoms with E-state index in [9.17, 15) is 19.5 Å². The third-order valence-electron chi connectivity index (χ3n) is 3.70. The van der Waals surface area contributed by atoms with Crippen LogP contribution in [0.5, 0.6) is 0 Å². The Morgan fingerprint density at radius 3 is 2.71 bits per heavy atom. The molecule has 3 amide bonds. The van der Waals surface area contributed by atoms with Crippen molar-refractivity contribution < 1.29 is 19.5 Å². The van der Waals surface area contributed by atoms with Crippen LogP contribution < -0.4 is 11.1 Å². The van der Waals surface area contributed by atoms with Crippen LogP contribution in [0.2, 0.25) is 0 Å². The number of likely N-dealkylation sites (tertiary alicyclic amines) is 1. The summed E-state index contributed by atoms with van der Waals surface area (Å²) in [4.78, 5) is 36.8. The molecule has 114 valence electrons. The van der Waals surface area contributed by atoms with Gasteiger partial charge in [0, 0.05) is 18.0 Å². The number of hydrogen-bond donors (Lipinski definition) is 3. The molecule has 1 aliphatic rings. The minimum Gasteiger partial charge on any atom is -0.479 e. The zero-order valence-corrected chi connectivity index (χ0v) is 12.4. The lowest BCUT2D eigenvalue weighted by Gasteiger charge is -2.23. The Kier molecular flexibility index (Phi) is 4.17. The van der Waals surface area contributed by atoms with Gasteiger partial charge < -0.3 is 21.1 Å². The van der Waals surface area contributed by atoms with Crippen LogP contribution in [0.25, 0.3) is 0 Å². The van der Waals surface area contributed by atoms with Crippen LogP contribution in [0.1, 0.15) is 24.3 Å². The molecule has 1 saturated heterocycles. The van der Waals surface area contributed by atoms with Gasteiger partial charge in [-0.25, -0.2) is 9.59 Å². The number of nitrogens with zero attached hydrogens (tertiary/aromatic N) is 1. The highest BCUT2D eigenvalue weighted by Gasteiger charge is 2.41. The molecule has 1 aromatic rings. The minimum absolute atomic E-state index is 0.199. The standard InChI is InChI=1S/C13H17N3O4S/c1-13(11(14)19)4-5-16(7-13)12(20)15-9(10(17)18)8-3-2-6-21-8/h2-3,6,9H,4-5,7H2,1H3,(H2,14,19)(H,15,20)(H,17,18). The predicted octanol–water partition coefficient (Wildman–Crippen LogP) is 0.781. The maximum Gasteiger partial charge on any atom is 0.331 e. The highest BCUT2D eigenvalue weighted by molar-refractivity contribution is 7.10. The van der Waals surface area contributed by atoms with Crippen molar-refractivity contribution in [1.29, 1.82) is 0 Å². The summed E-state index contributed by atoms with van der Waals surface area (Å²) in [7, 11) is 0. The minimum atomic E-state index is -1.12. The van der Waals surface area contributed by atoms with Crippen LogP contribution in [0, 0.1) is 5.41 Å².